The molecule has 2 rings (SSSR count). The molecule has 1 aromatic rings. The fourth-order valence-corrected chi connectivity index (χ4v) is 2.25. The third-order valence-corrected chi connectivity index (χ3v) is 3.43. The van der Waals surface area contributed by atoms with E-state index in [1.807, 2.05) is 7.05 Å². The molecule has 0 amide bonds. The first-order valence-electron chi connectivity index (χ1n) is 6.48. The lowest BCUT2D eigenvalue weighted by Gasteiger charge is -2.20. The van der Waals surface area contributed by atoms with E-state index in [1.54, 1.807) is 0 Å². The number of nitrogens with zero attached hydrogens (tertiary/aromatic N) is 3. The summed E-state index contributed by atoms with van der Waals surface area (Å²) in [7, 11) is 3.54. The molecule has 8 heteroatoms. The number of hydrogen-bond acceptors (Lipinski definition) is 5. The molecule has 0 aromatic carbocycles. The van der Waals surface area contributed by atoms with Gasteiger partial charge in [0.25, 0.3) is 0 Å². The zero-order valence-corrected chi connectivity index (χ0v) is 11.5. The SMILES string of the molecule is CNc1cc(NCC2CCCN2C)nc(C(F)(F)F)n1. The van der Waals surface area contributed by atoms with Crippen LogP contribution in [0.4, 0.5) is 24.8 Å². The highest BCUT2D eigenvalue weighted by molar-refractivity contribution is 5.47. The van der Waals surface area contributed by atoms with E-state index in [2.05, 4.69) is 25.5 Å². The van der Waals surface area contributed by atoms with Gasteiger partial charge in [-0.05, 0) is 26.4 Å². The number of likely N-dealkylation sites (N-methyl/N-ethyl adjacent to an activating group) is 1. The predicted octanol–water partition coefficient (Wildman–Crippen LogP) is 2.04. The molecule has 1 aliphatic rings. The normalized spacial score (nSPS) is 20.1. The smallest absolute Gasteiger partial charge is 0.373 e. The van der Waals surface area contributed by atoms with E-state index in [9.17, 15) is 13.2 Å². The van der Waals surface area contributed by atoms with Crippen molar-refractivity contribution < 1.29 is 13.2 Å². The van der Waals surface area contributed by atoms with Crippen LogP contribution in [0, 0.1) is 0 Å². The van der Waals surface area contributed by atoms with E-state index in [0.29, 0.717) is 12.6 Å². The van der Waals surface area contributed by atoms with Crippen molar-refractivity contribution >= 4 is 11.6 Å². The van der Waals surface area contributed by atoms with Gasteiger partial charge in [0.1, 0.15) is 11.6 Å². The Morgan fingerprint density at radius 3 is 2.60 bits per heavy atom. The molecule has 0 bridgehead atoms. The Labute approximate surface area is 115 Å². The highest BCUT2D eigenvalue weighted by Gasteiger charge is 2.35. The first kappa shape index (κ1) is 14.8. The summed E-state index contributed by atoms with van der Waals surface area (Å²) in [5, 5.41) is 5.59. The van der Waals surface area contributed by atoms with E-state index in [1.165, 1.54) is 13.1 Å². The average Bonchev–Trinajstić information content (AvgIpc) is 2.80. The number of anilines is 2. The fourth-order valence-electron chi connectivity index (χ4n) is 2.25. The Kier molecular flexibility index (Phi) is 4.32. The van der Waals surface area contributed by atoms with E-state index >= 15 is 0 Å². The van der Waals surface area contributed by atoms with Crippen LogP contribution in [-0.4, -0.2) is 48.1 Å². The Balaban J connectivity index is 2.10. The number of halogens is 3. The van der Waals surface area contributed by atoms with Crippen molar-refractivity contribution in [3.05, 3.63) is 11.9 Å². The van der Waals surface area contributed by atoms with Gasteiger partial charge in [-0.2, -0.15) is 13.2 Å². The number of aromatic nitrogens is 2. The number of rotatable bonds is 4. The highest BCUT2D eigenvalue weighted by Crippen LogP contribution is 2.28. The predicted molar refractivity (Wildman–Crippen MR) is 70.7 cm³/mol. The van der Waals surface area contributed by atoms with Crippen LogP contribution >= 0.6 is 0 Å². The lowest BCUT2D eigenvalue weighted by atomic mass is 10.2. The van der Waals surface area contributed by atoms with Crippen LogP contribution in [0.15, 0.2) is 6.07 Å². The third kappa shape index (κ3) is 3.50. The van der Waals surface area contributed by atoms with Crippen LogP contribution in [0.2, 0.25) is 0 Å². The van der Waals surface area contributed by atoms with Crippen molar-refractivity contribution in [3.63, 3.8) is 0 Å². The minimum Gasteiger partial charge on any atom is -0.373 e. The maximum absolute atomic E-state index is 12.7. The van der Waals surface area contributed by atoms with Crippen molar-refractivity contribution in [2.24, 2.45) is 0 Å². The molecule has 20 heavy (non-hydrogen) atoms. The molecule has 5 nitrogen and oxygen atoms in total. The van der Waals surface area contributed by atoms with Crippen LogP contribution < -0.4 is 10.6 Å². The minimum atomic E-state index is -4.55. The largest absolute Gasteiger partial charge is 0.451 e. The summed E-state index contributed by atoms with van der Waals surface area (Å²) in [6, 6.07) is 1.81. The highest BCUT2D eigenvalue weighted by atomic mass is 19.4. The van der Waals surface area contributed by atoms with Crippen molar-refractivity contribution in [2.75, 3.05) is 37.8 Å². The summed E-state index contributed by atoms with van der Waals surface area (Å²) in [4.78, 5) is 9.15. The molecular formula is C12H18F3N5. The molecule has 0 aliphatic carbocycles. The van der Waals surface area contributed by atoms with Crippen LogP contribution in [-0.2, 0) is 6.18 Å². The van der Waals surface area contributed by atoms with Gasteiger partial charge in [-0.1, -0.05) is 0 Å². The molecule has 1 fully saturated rings. The summed E-state index contributed by atoms with van der Waals surface area (Å²) >= 11 is 0. The molecule has 2 N–H and O–H groups in total. The van der Waals surface area contributed by atoms with Gasteiger partial charge in [0.05, 0.1) is 0 Å². The molecule has 112 valence electrons. The Morgan fingerprint density at radius 1 is 1.35 bits per heavy atom. The summed E-state index contributed by atoms with van der Waals surface area (Å²) in [5.74, 6) is -0.793. The number of alkyl halides is 3. The third-order valence-electron chi connectivity index (χ3n) is 3.43. The molecular weight excluding hydrogens is 271 g/mol. The van der Waals surface area contributed by atoms with Gasteiger partial charge in [-0.3, -0.25) is 0 Å². The molecule has 1 unspecified atom stereocenters. The van der Waals surface area contributed by atoms with Crippen LogP contribution in [0.1, 0.15) is 18.7 Å². The van der Waals surface area contributed by atoms with Gasteiger partial charge in [0, 0.05) is 25.7 Å². The lowest BCUT2D eigenvalue weighted by molar-refractivity contribution is -0.144. The molecule has 1 atom stereocenters. The Bertz CT molecular complexity index is 463. The average molecular weight is 289 g/mol. The van der Waals surface area contributed by atoms with Gasteiger partial charge < -0.3 is 15.5 Å². The second kappa shape index (κ2) is 5.82. The van der Waals surface area contributed by atoms with Gasteiger partial charge in [-0.25, -0.2) is 9.97 Å². The van der Waals surface area contributed by atoms with Gasteiger partial charge in [0.15, 0.2) is 0 Å². The summed E-state index contributed by atoms with van der Waals surface area (Å²) in [6.07, 6.45) is -2.39. The summed E-state index contributed by atoms with van der Waals surface area (Å²) < 4.78 is 38.1. The van der Waals surface area contributed by atoms with Crippen LogP contribution in [0.25, 0.3) is 0 Å². The van der Waals surface area contributed by atoms with Crippen molar-refractivity contribution in [1.29, 1.82) is 0 Å². The van der Waals surface area contributed by atoms with E-state index < -0.39 is 12.0 Å². The quantitative estimate of drug-likeness (QED) is 0.888. The molecule has 0 saturated carbocycles. The van der Waals surface area contributed by atoms with Gasteiger partial charge >= 0.3 is 6.18 Å². The van der Waals surface area contributed by atoms with Crippen LogP contribution in [0.3, 0.4) is 0 Å². The second-order valence-electron chi connectivity index (χ2n) is 4.87. The van der Waals surface area contributed by atoms with Gasteiger partial charge in [-0.15, -0.1) is 0 Å². The first-order chi connectivity index (χ1) is 9.40. The molecule has 1 aromatic heterocycles. The maximum atomic E-state index is 12.7. The lowest BCUT2D eigenvalue weighted by Crippen LogP contribution is -2.32. The monoisotopic (exact) mass is 289 g/mol. The summed E-state index contributed by atoms with van der Waals surface area (Å²) in [5.41, 5.74) is 0. The molecule has 0 radical (unpaired) electrons. The van der Waals surface area contributed by atoms with E-state index in [-0.39, 0.29) is 11.6 Å². The van der Waals surface area contributed by atoms with Crippen molar-refractivity contribution in [1.82, 2.24) is 14.9 Å². The molecule has 2 heterocycles. The summed E-state index contributed by atoms with van der Waals surface area (Å²) in [6.45, 7) is 1.60. The zero-order valence-electron chi connectivity index (χ0n) is 11.5. The molecule has 0 spiro atoms. The minimum absolute atomic E-state index is 0.148. The fraction of sp³-hybridized carbons (Fsp3) is 0.667. The zero-order chi connectivity index (χ0) is 14.8. The maximum Gasteiger partial charge on any atom is 0.451 e. The Morgan fingerprint density at radius 2 is 2.05 bits per heavy atom. The van der Waals surface area contributed by atoms with E-state index in [0.717, 1.165) is 19.4 Å². The standard InChI is InChI=1S/C12H18F3N5/c1-16-9-6-10(19-11(18-9)12(13,14)15)17-7-8-4-3-5-20(8)2/h6,8H,3-5,7H2,1-2H3,(H2,16,17,18,19). The number of likely N-dealkylation sites (tertiary alicyclic amines) is 1. The molecule has 1 saturated heterocycles. The second-order valence-corrected chi connectivity index (χ2v) is 4.87. The number of nitrogens with one attached hydrogen (secondary N) is 2. The topological polar surface area (TPSA) is 53.1 Å². The number of hydrogen-bond donors (Lipinski definition) is 2. The Hall–Kier alpha value is -1.57. The van der Waals surface area contributed by atoms with E-state index in [4.69, 9.17) is 0 Å². The van der Waals surface area contributed by atoms with Crippen molar-refractivity contribution in [2.45, 2.75) is 25.1 Å². The van der Waals surface area contributed by atoms with Gasteiger partial charge in [0.2, 0.25) is 5.82 Å². The van der Waals surface area contributed by atoms with Crippen LogP contribution in [0.5, 0.6) is 0 Å². The van der Waals surface area contributed by atoms with Crippen molar-refractivity contribution in [3.8, 4) is 0 Å². The first-order valence-corrected chi connectivity index (χ1v) is 6.48. The molecule has 1 aliphatic heterocycles.